The van der Waals surface area contributed by atoms with E-state index in [1.807, 2.05) is 6.07 Å². The van der Waals surface area contributed by atoms with Crippen LogP contribution < -0.4 is 25.1 Å². The van der Waals surface area contributed by atoms with Crippen molar-refractivity contribution in [2.24, 2.45) is 0 Å². The summed E-state index contributed by atoms with van der Waals surface area (Å²) in [6.07, 6.45) is 1.72. The molecule has 42 heavy (non-hydrogen) atoms. The number of halogens is 3. The number of anilines is 1. The number of ether oxygens (including phenoxy) is 2. The number of rotatable bonds is 7. The lowest BCUT2D eigenvalue weighted by atomic mass is 9.99. The first-order valence-electron chi connectivity index (χ1n) is 12.8. The molecular weight excluding hydrogens is 568 g/mol. The van der Waals surface area contributed by atoms with Gasteiger partial charge in [0.25, 0.3) is 17.7 Å². The van der Waals surface area contributed by atoms with Gasteiger partial charge in [-0.05, 0) is 49.4 Å². The van der Waals surface area contributed by atoms with E-state index in [4.69, 9.17) is 21.1 Å². The quantitative estimate of drug-likeness (QED) is 0.413. The zero-order valence-electron chi connectivity index (χ0n) is 22.8. The van der Waals surface area contributed by atoms with Crippen molar-refractivity contribution in [2.75, 3.05) is 25.7 Å². The topological polar surface area (TPSA) is 107 Å². The van der Waals surface area contributed by atoms with Crippen LogP contribution in [0.1, 0.15) is 34.0 Å². The van der Waals surface area contributed by atoms with Crippen LogP contribution in [0, 0.1) is 11.3 Å². The average molecular weight is 594 g/mol. The fraction of sp³-hybridized carbons (Fsp3) is 0.233. The van der Waals surface area contributed by atoms with Gasteiger partial charge in [-0.25, -0.2) is 5.43 Å². The SMILES string of the molecule is COc1cc(C(F)(F)c2ccc(N3C(=O)C4[C@@H](NC(=O)c5ccc(OC)c(C#N)c5)CNN4C=C3C)cc2)ccc1Cl. The molecule has 0 aliphatic carbocycles. The molecule has 1 unspecified atom stereocenters. The summed E-state index contributed by atoms with van der Waals surface area (Å²) in [6, 6.07) is 14.3. The fourth-order valence-corrected chi connectivity index (χ4v) is 5.28. The average Bonchev–Trinajstić information content (AvgIpc) is 3.39. The van der Waals surface area contributed by atoms with Gasteiger partial charge in [-0.1, -0.05) is 29.8 Å². The summed E-state index contributed by atoms with van der Waals surface area (Å²) in [5.41, 5.74) is 3.95. The van der Waals surface area contributed by atoms with E-state index in [1.54, 1.807) is 18.1 Å². The molecule has 2 N–H and O–H groups in total. The van der Waals surface area contributed by atoms with E-state index in [0.29, 0.717) is 17.1 Å². The van der Waals surface area contributed by atoms with Crippen molar-refractivity contribution in [3.63, 3.8) is 0 Å². The first kappa shape index (κ1) is 28.9. The number of nitriles is 1. The Labute approximate surface area is 245 Å². The highest BCUT2D eigenvalue weighted by atomic mass is 35.5. The Hall–Kier alpha value is -4.66. The molecule has 2 aliphatic heterocycles. The molecule has 2 heterocycles. The highest BCUT2D eigenvalue weighted by Crippen LogP contribution is 2.40. The second-order valence-corrected chi connectivity index (χ2v) is 10.1. The lowest BCUT2D eigenvalue weighted by molar-refractivity contribution is -0.123. The Morgan fingerprint density at radius 1 is 1.07 bits per heavy atom. The highest BCUT2D eigenvalue weighted by Gasteiger charge is 2.45. The van der Waals surface area contributed by atoms with Gasteiger partial charge in [0, 0.05) is 40.8 Å². The second kappa shape index (κ2) is 11.3. The van der Waals surface area contributed by atoms with Crippen LogP contribution in [-0.4, -0.2) is 49.7 Å². The third kappa shape index (κ3) is 5.11. The van der Waals surface area contributed by atoms with Crippen molar-refractivity contribution in [1.82, 2.24) is 15.8 Å². The first-order chi connectivity index (χ1) is 20.1. The van der Waals surface area contributed by atoms with Gasteiger partial charge in [0.05, 0.1) is 30.8 Å². The smallest absolute Gasteiger partial charge is 0.298 e. The number of nitrogens with zero attached hydrogens (tertiary/aromatic N) is 3. The van der Waals surface area contributed by atoms with Crippen LogP contribution in [0.2, 0.25) is 5.02 Å². The molecule has 5 rings (SSSR count). The van der Waals surface area contributed by atoms with E-state index in [2.05, 4.69) is 10.7 Å². The van der Waals surface area contributed by atoms with Gasteiger partial charge in [0.2, 0.25) is 0 Å². The summed E-state index contributed by atoms with van der Waals surface area (Å²) in [7, 11) is 2.78. The Balaban J connectivity index is 1.36. The number of hydrogen-bond acceptors (Lipinski definition) is 7. The van der Waals surface area contributed by atoms with E-state index >= 15 is 8.78 Å². The maximum Gasteiger partial charge on any atom is 0.298 e. The largest absolute Gasteiger partial charge is 0.495 e. The predicted molar refractivity (Wildman–Crippen MR) is 151 cm³/mol. The Morgan fingerprint density at radius 2 is 1.76 bits per heavy atom. The number of hydrazine groups is 1. The molecule has 3 aromatic carbocycles. The summed E-state index contributed by atoms with van der Waals surface area (Å²) in [6.45, 7) is 2.00. The molecule has 9 nitrogen and oxygen atoms in total. The highest BCUT2D eigenvalue weighted by molar-refractivity contribution is 6.32. The predicted octanol–water partition coefficient (Wildman–Crippen LogP) is 4.56. The number of fused-ring (bicyclic) bond motifs is 1. The molecule has 0 saturated carbocycles. The Bertz CT molecular complexity index is 1620. The molecule has 0 spiro atoms. The number of amides is 2. The summed E-state index contributed by atoms with van der Waals surface area (Å²) < 4.78 is 41.0. The molecule has 0 radical (unpaired) electrons. The normalized spacial score (nSPS) is 18.2. The number of methoxy groups -OCH3 is 2. The van der Waals surface area contributed by atoms with Crippen molar-refractivity contribution in [1.29, 1.82) is 5.26 Å². The van der Waals surface area contributed by atoms with Crippen molar-refractivity contribution in [2.45, 2.75) is 24.9 Å². The molecule has 2 aliphatic rings. The molecule has 0 bridgehead atoms. The van der Waals surface area contributed by atoms with E-state index < -0.39 is 23.9 Å². The zero-order chi connectivity index (χ0) is 30.2. The minimum absolute atomic E-state index is 0.138. The number of carbonyl (C=O) groups excluding carboxylic acids is 2. The standard InChI is InChI=1S/C30H26ClF2N5O4/c1-17-16-37-27(24(15-35-37)36-28(39)18-4-11-25(41-2)19(12-18)14-34)29(40)38(17)22-8-5-20(6-9-22)30(32,33)21-7-10-23(31)26(13-21)42-3/h4-13,16,24,27,35H,15H2,1-3H3,(H,36,39)/t24-,27?/m0/s1. The Morgan fingerprint density at radius 3 is 2.43 bits per heavy atom. The molecular formula is C30H26ClF2N5O4. The van der Waals surface area contributed by atoms with Gasteiger partial charge in [0.1, 0.15) is 23.6 Å². The van der Waals surface area contributed by atoms with Crippen LogP contribution in [-0.2, 0) is 10.7 Å². The van der Waals surface area contributed by atoms with Gasteiger partial charge < -0.3 is 14.8 Å². The molecule has 216 valence electrons. The van der Waals surface area contributed by atoms with Crippen molar-refractivity contribution < 1.29 is 27.8 Å². The zero-order valence-corrected chi connectivity index (χ0v) is 23.6. The summed E-state index contributed by atoms with van der Waals surface area (Å²) >= 11 is 6.00. The van der Waals surface area contributed by atoms with Crippen LogP contribution in [0.25, 0.3) is 0 Å². The molecule has 2 atom stereocenters. The molecule has 1 fully saturated rings. The molecule has 12 heteroatoms. The summed E-state index contributed by atoms with van der Waals surface area (Å²) in [4.78, 5) is 28.2. The minimum atomic E-state index is -3.35. The third-order valence-electron chi connectivity index (χ3n) is 7.23. The summed E-state index contributed by atoms with van der Waals surface area (Å²) in [5.74, 6) is -3.67. The van der Waals surface area contributed by atoms with Crippen LogP contribution in [0.4, 0.5) is 14.5 Å². The lowest BCUT2D eigenvalue weighted by Gasteiger charge is -2.37. The van der Waals surface area contributed by atoms with Gasteiger partial charge in [0.15, 0.2) is 0 Å². The van der Waals surface area contributed by atoms with Crippen LogP contribution >= 0.6 is 11.6 Å². The molecule has 1 saturated heterocycles. The summed E-state index contributed by atoms with van der Waals surface area (Å²) in [5, 5.41) is 14.1. The number of nitrogens with one attached hydrogen (secondary N) is 2. The van der Waals surface area contributed by atoms with E-state index in [9.17, 15) is 14.9 Å². The van der Waals surface area contributed by atoms with Gasteiger partial charge >= 0.3 is 0 Å². The number of alkyl halides is 2. The van der Waals surface area contributed by atoms with Gasteiger partial charge in [-0.3, -0.25) is 19.5 Å². The van der Waals surface area contributed by atoms with Crippen LogP contribution in [0.3, 0.4) is 0 Å². The van der Waals surface area contributed by atoms with Crippen LogP contribution in [0.15, 0.2) is 72.6 Å². The first-order valence-corrected chi connectivity index (χ1v) is 13.2. The number of carbonyl (C=O) groups is 2. The fourth-order valence-electron chi connectivity index (χ4n) is 5.08. The number of benzene rings is 3. The molecule has 2 amide bonds. The van der Waals surface area contributed by atoms with Gasteiger partial charge in [-0.15, -0.1) is 0 Å². The van der Waals surface area contributed by atoms with E-state index in [0.717, 1.165) is 0 Å². The van der Waals surface area contributed by atoms with Crippen molar-refractivity contribution >= 4 is 29.1 Å². The molecule has 0 aromatic heterocycles. The Kier molecular flexibility index (Phi) is 7.77. The molecule has 3 aromatic rings. The van der Waals surface area contributed by atoms with Crippen molar-refractivity contribution in [3.05, 3.63) is 99.8 Å². The van der Waals surface area contributed by atoms with Crippen molar-refractivity contribution in [3.8, 4) is 17.6 Å². The monoisotopic (exact) mass is 593 g/mol. The minimum Gasteiger partial charge on any atom is -0.495 e. The van der Waals surface area contributed by atoms with Gasteiger partial charge in [-0.2, -0.15) is 14.0 Å². The second-order valence-electron chi connectivity index (χ2n) is 9.74. The van der Waals surface area contributed by atoms with E-state index in [1.165, 1.54) is 79.8 Å². The number of hydrogen-bond donors (Lipinski definition) is 2. The van der Waals surface area contributed by atoms with Crippen LogP contribution in [0.5, 0.6) is 11.5 Å². The maximum absolute atomic E-state index is 15.4. The number of allylic oxidation sites excluding steroid dienone is 1. The maximum atomic E-state index is 15.4. The van der Waals surface area contributed by atoms with E-state index in [-0.39, 0.29) is 45.5 Å². The lowest BCUT2D eigenvalue weighted by Crippen LogP contribution is -2.56. The third-order valence-corrected chi connectivity index (χ3v) is 7.54.